The Labute approximate surface area is 108 Å². The number of nitrogens with zero attached hydrogens (tertiary/aromatic N) is 1. The van der Waals surface area contributed by atoms with Crippen molar-refractivity contribution < 1.29 is 8.42 Å². The molecule has 1 aliphatic carbocycles. The predicted molar refractivity (Wildman–Crippen MR) is 69.8 cm³/mol. The standard InChI is InChI=1S/C14H17NO2S/c1-12-5-7-13(8-6-12)18(16,17)14(11-15)9-3-2-4-10-14/h5-8H,2-4,9-10H2,1H3. The summed E-state index contributed by atoms with van der Waals surface area (Å²) in [5.74, 6) is 0. The maximum absolute atomic E-state index is 12.6. The summed E-state index contributed by atoms with van der Waals surface area (Å²) in [4.78, 5) is 0.275. The molecule has 3 nitrogen and oxygen atoms in total. The molecule has 4 heteroatoms. The van der Waals surface area contributed by atoms with Gasteiger partial charge in [0.1, 0.15) is 0 Å². The van der Waals surface area contributed by atoms with E-state index >= 15 is 0 Å². The second-order valence-corrected chi connectivity index (χ2v) is 7.24. The molecule has 2 rings (SSSR count). The zero-order valence-corrected chi connectivity index (χ0v) is 11.3. The van der Waals surface area contributed by atoms with Gasteiger partial charge >= 0.3 is 0 Å². The van der Waals surface area contributed by atoms with Gasteiger partial charge in [-0.25, -0.2) is 8.42 Å². The molecule has 0 bridgehead atoms. The molecule has 0 radical (unpaired) electrons. The zero-order valence-electron chi connectivity index (χ0n) is 10.5. The van der Waals surface area contributed by atoms with Gasteiger partial charge in [0.05, 0.1) is 11.0 Å². The third-order valence-corrected chi connectivity index (χ3v) is 6.13. The molecule has 0 saturated heterocycles. The SMILES string of the molecule is Cc1ccc(S(=O)(=O)C2(C#N)CCCCC2)cc1. The Morgan fingerprint density at radius 3 is 2.17 bits per heavy atom. The fourth-order valence-electron chi connectivity index (χ4n) is 2.51. The molecule has 0 spiro atoms. The van der Waals surface area contributed by atoms with Gasteiger partial charge in [0.2, 0.25) is 0 Å². The summed E-state index contributed by atoms with van der Waals surface area (Å²) < 4.78 is 24.1. The summed E-state index contributed by atoms with van der Waals surface area (Å²) in [7, 11) is -3.55. The monoisotopic (exact) mass is 263 g/mol. The molecule has 1 aromatic carbocycles. The largest absolute Gasteiger partial charge is 0.222 e. The molecule has 1 fully saturated rings. The first-order valence-corrected chi connectivity index (χ1v) is 7.73. The third kappa shape index (κ3) is 2.04. The summed E-state index contributed by atoms with van der Waals surface area (Å²) in [6, 6.07) is 8.86. The van der Waals surface area contributed by atoms with Gasteiger partial charge in [-0.1, -0.05) is 37.0 Å². The van der Waals surface area contributed by atoms with Crippen LogP contribution in [-0.2, 0) is 9.84 Å². The molecule has 1 aromatic rings. The van der Waals surface area contributed by atoms with Gasteiger partial charge in [0.15, 0.2) is 14.6 Å². The molecule has 1 saturated carbocycles. The lowest BCUT2D eigenvalue weighted by molar-refractivity contribution is 0.430. The van der Waals surface area contributed by atoms with Crippen LogP contribution in [0.3, 0.4) is 0 Å². The van der Waals surface area contributed by atoms with Crippen LogP contribution in [-0.4, -0.2) is 13.2 Å². The number of benzene rings is 1. The second kappa shape index (κ2) is 4.74. The predicted octanol–water partition coefficient (Wildman–Crippen LogP) is 3.00. The molecule has 0 amide bonds. The van der Waals surface area contributed by atoms with E-state index in [0.29, 0.717) is 12.8 Å². The Balaban J connectivity index is 2.47. The first-order valence-electron chi connectivity index (χ1n) is 6.24. The van der Waals surface area contributed by atoms with Crippen molar-refractivity contribution in [1.29, 1.82) is 5.26 Å². The second-order valence-electron chi connectivity index (χ2n) is 4.98. The van der Waals surface area contributed by atoms with Crippen LogP contribution in [0.15, 0.2) is 29.2 Å². The molecule has 0 N–H and O–H groups in total. The van der Waals surface area contributed by atoms with E-state index in [9.17, 15) is 13.7 Å². The lowest BCUT2D eigenvalue weighted by Crippen LogP contribution is -2.39. The summed E-state index contributed by atoms with van der Waals surface area (Å²) in [5, 5.41) is 9.36. The van der Waals surface area contributed by atoms with Gasteiger partial charge in [-0.05, 0) is 31.9 Å². The molecule has 0 atom stereocenters. The van der Waals surface area contributed by atoms with E-state index < -0.39 is 14.6 Å². The summed E-state index contributed by atoms with van der Waals surface area (Å²) >= 11 is 0. The van der Waals surface area contributed by atoms with E-state index in [-0.39, 0.29) is 4.90 Å². The molecular formula is C14H17NO2S. The van der Waals surface area contributed by atoms with Crippen LogP contribution >= 0.6 is 0 Å². The lowest BCUT2D eigenvalue weighted by atomic mass is 9.89. The Morgan fingerprint density at radius 1 is 1.11 bits per heavy atom. The highest BCUT2D eigenvalue weighted by molar-refractivity contribution is 7.93. The maximum atomic E-state index is 12.6. The van der Waals surface area contributed by atoms with Crippen LogP contribution in [0.25, 0.3) is 0 Å². The topological polar surface area (TPSA) is 57.9 Å². The summed E-state index contributed by atoms with van der Waals surface area (Å²) in [5.41, 5.74) is 1.02. The molecule has 0 aliphatic heterocycles. The van der Waals surface area contributed by atoms with Crippen molar-refractivity contribution in [2.24, 2.45) is 0 Å². The van der Waals surface area contributed by atoms with Crippen LogP contribution < -0.4 is 0 Å². The van der Waals surface area contributed by atoms with Gasteiger partial charge < -0.3 is 0 Å². The van der Waals surface area contributed by atoms with Crippen LogP contribution in [0, 0.1) is 18.3 Å². The highest BCUT2D eigenvalue weighted by atomic mass is 32.2. The van der Waals surface area contributed by atoms with Crippen molar-refractivity contribution in [1.82, 2.24) is 0 Å². The first kappa shape index (κ1) is 13.1. The van der Waals surface area contributed by atoms with Crippen LogP contribution in [0.1, 0.15) is 37.7 Å². The zero-order chi connectivity index (χ0) is 13.2. The van der Waals surface area contributed by atoms with Crippen molar-refractivity contribution in [3.8, 4) is 6.07 Å². The average molecular weight is 263 g/mol. The molecule has 96 valence electrons. The van der Waals surface area contributed by atoms with Crippen molar-refractivity contribution in [2.75, 3.05) is 0 Å². The quantitative estimate of drug-likeness (QED) is 0.824. The van der Waals surface area contributed by atoms with E-state index in [1.807, 2.05) is 6.92 Å². The number of hydrogen-bond donors (Lipinski definition) is 0. The van der Waals surface area contributed by atoms with Crippen molar-refractivity contribution in [2.45, 2.75) is 48.7 Å². The summed E-state index contributed by atoms with van der Waals surface area (Å²) in [6.07, 6.45) is 3.57. The third-order valence-electron chi connectivity index (χ3n) is 3.71. The number of aryl methyl sites for hydroxylation is 1. The molecular weight excluding hydrogens is 246 g/mol. The Kier molecular flexibility index (Phi) is 3.45. The fraction of sp³-hybridized carbons (Fsp3) is 0.500. The summed E-state index contributed by atoms with van der Waals surface area (Å²) in [6.45, 7) is 1.91. The first-order chi connectivity index (χ1) is 8.52. The molecule has 18 heavy (non-hydrogen) atoms. The van der Waals surface area contributed by atoms with Gasteiger partial charge in [-0.2, -0.15) is 5.26 Å². The molecule has 0 unspecified atom stereocenters. The Bertz CT molecular complexity index is 561. The molecule has 0 aromatic heterocycles. The van der Waals surface area contributed by atoms with E-state index in [0.717, 1.165) is 24.8 Å². The Morgan fingerprint density at radius 2 is 1.67 bits per heavy atom. The van der Waals surface area contributed by atoms with E-state index in [1.165, 1.54) is 0 Å². The average Bonchev–Trinajstić information content (AvgIpc) is 2.40. The minimum Gasteiger partial charge on any atom is -0.222 e. The minimum atomic E-state index is -3.55. The highest BCUT2D eigenvalue weighted by Crippen LogP contribution is 2.38. The number of rotatable bonds is 2. The van der Waals surface area contributed by atoms with Crippen LogP contribution in [0.4, 0.5) is 0 Å². The number of sulfone groups is 1. The lowest BCUT2D eigenvalue weighted by Gasteiger charge is -2.30. The molecule has 0 heterocycles. The fourth-order valence-corrected chi connectivity index (χ4v) is 4.40. The van der Waals surface area contributed by atoms with Gasteiger partial charge in [-0.15, -0.1) is 0 Å². The van der Waals surface area contributed by atoms with Gasteiger partial charge in [0, 0.05) is 0 Å². The van der Waals surface area contributed by atoms with E-state index in [1.54, 1.807) is 24.3 Å². The van der Waals surface area contributed by atoms with Crippen molar-refractivity contribution in [3.63, 3.8) is 0 Å². The maximum Gasteiger partial charge on any atom is 0.197 e. The molecule has 1 aliphatic rings. The smallest absolute Gasteiger partial charge is 0.197 e. The van der Waals surface area contributed by atoms with Gasteiger partial charge in [-0.3, -0.25) is 0 Å². The Hall–Kier alpha value is -1.34. The van der Waals surface area contributed by atoms with Crippen molar-refractivity contribution >= 4 is 9.84 Å². The van der Waals surface area contributed by atoms with E-state index in [4.69, 9.17) is 0 Å². The minimum absolute atomic E-state index is 0.275. The number of nitriles is 1. The van der Waals surface area contributed by atoms with Gasteiger partial charge in [0.25, 0.3) is 0 Å². The van der Waals surface area contributed by atoms with E-state index in [2.05, 4.69) is 6.07 Å². The van der Waals surface area contributed by atoms with Crippen LogP contribution in [0.2, 0.25) is 0 Å². The number of hydrogen-bond acceptors (Lipinski definition) is 3. The normalized spacial score (nSPS) is 19.1. The van der Waals surface area contributed by atoms with Crippen molar-refractivity contribution in [3.05, 3.63) is 29.8 Å². The highest BCUT2D eigenvalue weighted by Gasteiger charge is 2.45. The van der Waals surface area contributed by atoms with Crippen LogP contribution in [0.5, 0.6) is 0 Å².